The predicted octanol–water partition coefficient (Wildman–Crippen LogP) is 1.32. The zero-order valence-corrected chi connectivity index (χ0v) is 10.1. The zero-order valence-electron chi connectivity index (χ0n) is 10.1. The van der Waals surface area contributed by atoms with Crippen molar-refractivity contribution in [3.05, 3.63) is 30.3 Å². The van der Waals surface area contributed by atoms with E-state index in [9.17, 15) is 9.59 Å². The molecule has 2 aliphatic rings. The van der Waals surface area contributed by atoms with Crippen molar-refractivity contribution in [3.8, 4) is 0 Å². The van der Waals surface area contributed by atoms with Crippen LogP contribution in [0.25, 0.3) is 0 Å². The SMILES string of the molecule is O=C(N[C@H]1CC(=O)N(c2ccccc2)C1)C1CC1. The second-order valence-corrected chi connectivity index (χ2v) is 5.02. The largest absolute Gasteiger partial charge is 0.351 e. The molecule has 1 aliphatic carbocycles. The van der Waals surface area contributed by atoms with Crippen LogP contribution in [-0.4, -0.2) is 24.4 Å². The van der Waals surface area contributed by atoms with Crippen molar-refractivity contribution in [2.45, 2.75) is 25.3 Å². The smallest absolute Gasteiger partial charge is 0.229 e. The van der Waals surface area contributed by atoms with Gasteiger partial charge in [-0.3, -0.25) is 9.59 Å². The van der Waals surface area contributed by atoms with E-state index in [1.165, 1.54) is 0 Å². The number of para-hydroxylation sites is 1. The van der Waals surface area contributed by atoms with Gasteiger partial charge in [0.25, 0.3) is 0 Å². The molecule has 1 aromatic carbocycles. The lowest BCUT2D eigenvalue weighted by molar-refractivity contribution is -0.122. The summed E-state index contributed by atoms with van der Waals surface area (Å²) in [6.07, 6.45) is 2.40. The van der Waals surface area contributed by atoms with E-state index in [0.29, 0.717) is 13.0 Å². The van der Waals surface area contributed by atoms with Gasteiger partial charge < -0.3 is 10.2 Å². The first-order chi connectivity index (χ1) is 8.74. The molecule has 4 heteroatoms. The molecule has 0 aromatic heterocycles. The summed E-state index contributed by atoms with van der Waals surface area (Å²) in [7, 11) is 0. The first kappa shape index (κ1) is 11.3. The van der Waals surface area contributed by atoms with Gasteiger partial charge in [-0.05, 0) is 25.0 Å². The molecule has 1 heterocycles. The van der Waals surface area contributed by atoms with Gasteiger partial charge in [-0.1, -0.05) is 18.2 Å². The third-order valence-electron chi connectivity index (χ3n) is 3.49. The second kappa shape index (κ2) is 4.44. The van der Waals surface area contributed by atoms with Crippen molar-refractivity contribution in [3.63, 3.8) is 0 Å². The molecule has 1 aliphatic heterocycles. The number of nitrogens with one attached hydrogen (secondary N) is 1. The summed E-state index contributed by atoms with van der Waals surface area (Å²) in [5.74, 6) is 0.399. The number of hydrogen-bond acceptors (Lipinski definition) is 2. The fourth-order valence-electron chi connectivity index (χ4n) is 2.33. The van der Waals surface area contributed by atoms with Crippen LogP contribution in [0.1, 0.15) is 19.3 Å². The molecule has 3 rings (SSSR count). The van der Waals surface area contributed by atoms with Crippen LogP contribution in [0.5, 0.6) is 0 Å². The Morgan fingerprint density at radius 3 is 2.61 bits per heavy atom. The van der Waals surface area contributed by atoms with Crippen LogP contribution >= 0.6 is 0 Å². The van der Waals surface area contributed by atoms with Crippen molar-refractivity contribution in [2.24, 2.45) is 5.92 Å². The number of carbonyl (C=O) groups is 2. The lowest BCUT2D eigenvalue weighted by Crippen LogP contribution is -2.37. The molecule has 0 radical (unpaired) electrons. The molecule has 1 saturated heterocycles. The highest BCUT2D eigenvalue weighted by Crippen LogP contribution is 2.29. The van der Waals surface area contributed by atoms with Crippen molar-refractivity contribution >= 4 is 17.5 Å². The fraction of sp³-hybridized carbons (Fsp3) is 0.429. The lowest BCUT2D eigenvalue weighted by atomic mass is 10.2. The average molecular weight is 244 g/mol. The van der Waals surface area contributed by atoms with Crippen molar-refractivity contribution in [1.29, 1.82) is 0 Å². The van der Waals surface area contributed by atoms with E-state index in [1.54, 1.807) is 4.90 Å². The van der Waals surface area contributed by atoms with E-state index in [-0.39, 0.29) is 23.8 Å². The number of anilines is 1. The molecule has 1 saturated carbocycles. The Bertz CT molecular complexity index is 468. The summed E-state index contributed by atoms with van der Waals surface area (Å²) in [4.78, 5) is 25.3. The maximum Gasteiger partial charge on any atom is 0.229 e. The normalized spacial score (nSPS) is 23.2. The maximum absolute atomic E-state index is 11.9. The second-order valence-electron chi connectivity index (χ2n) is 5.02. The molecule has 4 nitrogen and oxygen atoms in total. The molecule has 1 N–H and O–H groups in total. The Balaban J connectivity index is 1.65. The summed E-state index contributed by atoms with van der Waals surface area (Å²) >= 11 is 0. The number of carbonyl (C=O) groups excluding carboxylic acids is 2. The highest BCUT2D eigenvalue weighted by Gasteiger charge is 2.35. The number of rotatable bonds is 3. The highest BCUT2D eigenvalue weighted by atomic mass is 16.2. The molecular weight excluding hydrogens is 228 g/mol. The van der Waals surface area contributed by atoms with Gasteiger partial charge in [0.05, 0.1) is 6.04 Å². The lowest BCUT2D eigenvalue weighted by Gasteiger charge is -2.17. The molecule has 1 atom stereocenters. The molecule has 2 fully saturated rings. The summed E-state index contributed by atoms with van der Waals surface area (Å²) < 4.78 is 0. The summed E-state index contributed by atoms with van der Waals surface area (Å²) in [6, 6.07) is 9.56. The van der Waals surface area contributed by atoms with Crippen LogP contribution in [0.4, 0.5) is 5.69 Å². The zero-order chi connectivity index (χ0) is 12.5. The van der Waals surface area contributed by atoms with Gasteiger partial charge in [0, 0.05) is 24.6 Å². The first-order valence-corrected chi connectivity index (χ1v) is 6.40. The van der Waals surface area contributed by atoms with E-state index in [0.717, 1.165) is 18.5 Å². The summed E-state index contributed by atoms with van der Waals surface area (Å²) in [6.45, 7) is 0.585. The van der Waals surface area contributed by atoms with Crippen molar-refractivity contribution in [2.75, 3.05) is 11.4 Å². The maximum atomic E-state index is 11.9. The van der Waals surface area contributed by atoms with Crippen LogP contribution < -0.4 is 10.2 Å². The Hall–Kier alpha value is -1.84. The fourth-order valence-corrected chi connectivity index (χ4v) is 2.33. The van der Waals surface area contributed by atoms with Gasteiger partial charge in [0.1, 0.15) is 0 Å². The minimum absolute atomic E-state index is 0.0363. The quantitative estimate of drug-likeness (QED) is 0.871. The minimum Gasteiger partial charge on any atom is -0.351 e. The molecule has 2 amide bonds. The molecular formula is C14H16N2O2. The predicted molar refractivity (Wildman–Crippen MR) is 68.1 cm³/mol. The van der Waals surface area contributed by atoms with Crippen LogP contribution in [0.15, 0.2) is 30.3 Å². The molecule has 0 spiro atoms. The van der Waals surface area contributed by atoms with Gasteiger partial charge in [0.15, 0.2) is 0 Å². The summed E-state index contributed by atoms with van der Waals surface area (Å²) in [5, 5.41) is 2.97. The van der Waals surface area contributed by atoms with Gasteiger partial charge >= 0.3 is 0 Å². The van der Waals surface area contributed by atoms with Crippen LogP contribution in [-0.2, 0) is 9.59 Å². The number of amides is 2. The monoisotopic (exact) mass is 244 g/mol. The van der Waals surface area contributed by atoms with E-state index in [4.69, 9.17) is 0 Å². The topological polar surface area (TPSA) is 49.4 Å². The molecule has 94 valence electrons. The van der Waals surface area contributed by atoms with Gasteiger partial charge in [-0.2, -0.15) is 0 Å². The van der Waals surface area contributed by atoms with Crippen LogP contribution in [0.2, 0.25) is 0 Å². The van der Waals surface area contributed by atoms with E-state index >= 15 is 0 Å². The van der Waals surface area contributed by atoms with Crippen LogP contribution in [0, 0.1) is 5.92 Å². The van der Waals surface area contributed by atoms with Gasteiger partial charge in [0.2, 0.25) is 11.8 Å². The first-order valence-electron chi connectivity index (χ1n) is 6.40. The molecule has 0 unspecified atom stereocenters. The minimum atomic E-state index is -0.0363. The number of benzene rings is 1. The average Bonchev–Trinajstić information content (AvgIpc) is 3.16. The highest BCUT2D eigenvalue weighted by molar-refractivity contribution is 5.97. The standard InChI is InChI=1S/C14H16N2O2/c17-13-8-11(15-14(18)10-6-7-10)9-16(13)12-4-2-1-3-5-12/h1-5,10-11H,6-9H2,(H,15,18)/t11-/m0/s1. The van der Waals surface area contributed by atoms with Crippen molar-refractivity contribution < 1.29 is 9.59 Å². The van der Waals surface area contributed by atoms with Crippen LogP contribution in [0.3, 0.4) is 0 Å². The molecule has 0 bridgehead atoms. The Morgan fingerprint density at radius 2 is 1.94 bits per heavy atom. The molecule has 1 aromatic rings. The van der Waals surface area contributed by atoms with E-state index in [1.807, 2.05) is 30.3 Å². The van der Waals surface area contributed by atoms with Crippen molar-refractivity contribution in [1.82, 2.24) is 5.32 Å². The van der Waals surface area contributed by atoms with E-state index in [2.05, 4.69) is 5.32 Å². The molecule has 18 heavy (non-hydrogen) atoms. The van der Waals surface area contributed by atoms with Gasteiger partial charge in [-0.15, -0.1) is 0 Å². The van der Waals surface area contributed by atoms with Gasteiger partial charge in [-0.25, -0.2) is 0 Å². The van der Waals surface area contributed by atoms with E-state index < -0.39 is 0 Å². The third-order valence-corrected chi connectivity index (χ3v) is 3.49. The number of hydrogen-bond donors (Lipinski definition) is 1. The summed E-state index contributed by atoms with van der Waals surface area (Å²) in [5.41, 5.74) is 0.908. The Morgan fingerprint density at radius 1 is 1.22 bits per heavy atom. The number of nitrogens with zero attached hydrogens (tertiary/aromatic N) is 1. The Kier molecular flexibility index (Phi) is 2.78. The third kappa shape index (κ3) is 2.23. The Labute approximate surface area is 106 Å².